The monoisotopic (exact) mass is 267 g/mol. The van der Waals surface area contributed by atoms with Crippen LogP contribution >= 0.6 is 0 Å². The van der Waals surface area contributed by atoms with Crippen LogP contribution in [0.4, 0.5) is 0 Å². The molecule has 5 heteroatoms. The molecule has 2 atom stereocenters. The third kappa shape index (κ3) is 4.98. The summed E-state index contributed by atoms with van der Waals surface area (Å²) in [5, 5.41) is 21.6. The first-order chi connectivity index (χ1) is 9.00. The normalized spacial score (nSPS) is 15.6. The molecule has 5 nitrogen and oxygen atoms in total. The van der Waals surface area contributed by atoms with Crippen molar-refractivity contribution in [2.24, 2.45) is 0 Å². The van der Waals surface area contributed by atoms with Gasteiger partial charge >= 0.3 is 5.97 Å². The lowest BCUT2D eigenvalue weighted by Crippen LogP contribution is -2.43. The van der Waals surface area contributed by atoms with E-state index < -0.39 is 11.5 Å². The minimum absolute atomic E-state index is 0.198. The first-order valence-electron chi connectivity index (χ1n) is 6.17. The van der Waals surface area contributed by atoms with Gasteiger partial charge in [-0.05, 0) is 12.5 Å². The number of hydrogen-bond donors (Lipinski definition) is 3. The maximum atomic E-state index is 11.8. The third-order valence-corrected chi connectivity index (χ3v) is 2.88. The van der Waals surface area contributed by atoms with Crippen LogP contribution in [0.25, 0.3) is 0 Å². The molecule has 0 saturated heterocycles. The van der Waals surface area contributed by atoms with Gasteiger partial charge in [0.1, 0.15) is 0 Å². The fraction of sp³-hybridized carbons (Fsp3) is 0.500. The molecule has 106 valence electrons. The molecule has 1 rings (SSSR count). The lowest BCUT2D eigenvalue weighted by atomic mass is 9.99. The maximum absolute atomic E-state index is 11.8. The van der Waals surface area contributed by atoms with Gasteiger partial charge in [-0.15, -0.1) is 0 Å². The van der Waals surface area contributed by atoms with Gasteiger partial charge in [0.25, 0.3) is 0 Å². The number of ether oxygens (including phenoxy) is 1. The number of aliphatic hydroxyl groups is 2. The van der Waals surface area contributed by atoms with Crippen molar-refractivity contribution >= 4 is 5.97 Å². The van der Waals surface area contributed by atoms with Crippen molar-refractivity contribution in [3.63, 3.8) is 0 Å². The van der Waals surface area contributed by atoms with E-state index in [4.69, 9.17) is 9.84 Å². The van der Waals surface area contributed by atoms with Crippen LogP contribution in [0.3, 0.4) is 0 Å². The zero-order chi connectivity index (χ0) is 14.3. The Balaban J connectivity index is 2.65. The second-order valence-corrected chi connectivity index (χ2v) is 4.77. The maximum Gasteiger partial charge on any atom is 0.314 e. The Morgan fingerprint density at radius 2 is 2.05 bits per heavy atom. The van der Waals surface area contributed by atoms with Crippen LogP contribution in [0.5, 0.6) is 0 Å². The van der Waals surface area contributed by atoms with Crippen molar-refractivity contribution in [3.05, 3.63) is 35.9 Å². The van der Waals surface area contributed by atoms with E-state index in [2.05, 4.69) is 5.32 Å². The lowest BCUT2D eigenvalue weighted by Gasteiger charge is -2.22. The topological polar surface area (TPSA) is 78.8 Å². The van der Waals surface area contributed by atoms with Gasteiger partial charge in [-0.1, -0.05) is 30.3 Å². The zero-order valence-electron chi connectivity index (χ0n) is 11.3. The Kier molecular flexibility index (Phi) is 5.95. The molecule has 1 aromatic rings. The van der Waals surface area contributed by atoms with Crippen LogP contribution in [0.2, 0.25) is 0 Å². The minimum Gasteiger partial charge on any atom is -0.469 e. The molecule has 0 bridgehead atoms. The number of nitrogens with one attached hydrogen (secondary N) is 1. The molecule has 0 aliphatic carbocycles. The smallest absolute Gasteiger partial charge is 0.314 e. The second-order valence-electron chi connectivity index (χ2n) is 4.77. The average Bonchev–Trinajstić information content (AvgIpc) is 2.44. The summed E-state index contributed by atoms with van der Waals surface area (Å²) in [6, 6.07) is 9.30. The van der Waals surface area contributed by atoms with E-state index in [0.717, 1.165) is 5.56 Å². The van der Waals surface area contributed by atoms with E-state index in [1.807, 2.05) is 30.3 Å². The highest BCUT2D eigenvalue weighted by atomic mass is 16.5. The van der Waals surface area contributed by atoms with Crippen LogP contribution in [0.1, 0.15) is 18.4 Å². The lowest BCUT2D eigenvalue weighted by molar-refractivity contribution is -0.142. The summed E-state index contributed by atoms with van der Waals surface area (Å²) in [5.41, 5.74) is -0.345. The van der Waals surface area contributed by atoms with Crippen molar-refractivity contribution in [1.82, 2.24) is 5.32 Å². The fourth-order valence-electron chi connectivity index (χ4n) is 1.71. The summed E-state index contributed by atoms with van der Waals surface area (Å²) in [6.07, 6.45) is 0. The molecule has 2 unspecified atom stereocenters. The van der Waals surface area contributed by atoms with Gasteiger partial charge < -0.3 is 20.3 Å². The van der Waals surface area contributed by atoms with Gasteiger partial charge in [-0.25, -0.2) is 0 Å². The molecule has 3 N–H and O–H groups in total. The quantitative estimate of drug-likeness (QED) is 0.618. The molecule has 0 aliphatic heterocycles. The number of carbonyl (C=O) groups is 1. The number of benzene rings is 1. The predicted molar refractivity (Wildman–Crippen MR) is 71.8 cm³/mol. The van der Waals surface area contributed by atoms with Gasteiger partial charge in [0.15, 0.2) is 0 Å². The van der Waals surface area contributed by atoms with Crippen LogP contribution in [0.15, 0.2) is 30.3 Å². The molecule has 1 aromatic carbocycles. The number of carbonyl (C=O) groups excluding carboxylic acids is 1. The van der Waals surface area contributed by atoms with Crippen molar-refractivity contribution < 1.29 is 19.7 Å². The largest absolute Gasteiger partial charge is 0.469 e. The highest BCUT2D eigenvalue weighted by Crippen LogP contribution is 2.16. The summed E-state index contributed by atoms with van der Waals surface area (Å²) >= 11 is 0. The molecule has 0 spiro atoms. The second kappa shape index (κ2) is 7.23. The van der Waals surface area contributed by atoms with E-state index >= 15 is 0 Å². The van der Waals surface area contributed by atoms with Gasteiger partial charge in [0, 0.05) is 13.1 Å². The van der Waals surface area contributed by atoms with Crippen molar-refractivity contribution in [2.75, 3.05) is 26.8 Å². The van der Waals surface area contributed by atoms with Crippen LogP contribution in [-0.4, -0.2) is 48.6 Å². The standard InChI is InChI=1S/C14H21NO4/c1-14(18,10-16)9-15-8-12(13(17)19-2)11-6-4-3-5-7-11/h3-7,12,15-16,18H,8-10H2,1-2H3. The first kappa shape index (κ1) is 15.6. The Morgan fingerprint density at radius 3 is 2.58 bits per heavy atom. The molecule has 0 aliphatic rings. The molecule has 0 aromatic heterocycles. The first-order valence-corrected chi connectivity index (χ1v) is 6.17. The third-order valence-electron chi connectivity index (χ3n) is 2.88. The number of esters is 1. The minimum atomic E-state index is -1.20. The number of rotatable bonds is 7. The van der Waals surface area contributed by atoms with Crippen molar-refractivity contribution in [3.8, 4) is 0 Å². The number of aliphatic hydroxyl groups excluding tert-OH is 1. The van der Waals surface area contributed by atoms with E-state index in [0.29, 0.717) is 6.54 Å². The van der Waals surface area contributed by atoms with E-state index in [1.54, 1.807) is 0 Å². The summed E-state index contributed by atoms with van der Waals surface area (Å²) in [7, 11) is 1.35. The SMILES string of the molecule is COC(=O)C(CNCC(C)(O)CO)c1ccccc1. The van der Waals surface area contributed by atoms with Gasteiger partial charge in [0.2, 0.25) is 0 Å². The molecule has 0 fully saturated rings. The van der Waals surface area contributed by atoms with E-state index in [9.17, 15) is 9.90 Å². The molecule has 0 heterocycles. The fourth-order valence-corrected chi connectivity index (χ4v) is 1.71. The molecular formula is C14H21NO4. The predicted octanol–water partition coefficient (Wildman–Crippen LogP) is 0.276. The van der Waals surface area contributed by atoms with E-state index in [-0.39, 0.29) is 19.1 Å². The van der Waals surface area contributed by atoms with Crippen LogP contribution in [-0.2, 0) is 9.53 Å². The van der Waals surface area contributed by atoms with E-state index in [1.165, 1.54) is 14.0 Å². The molecule has 19 heavy (non-hydrogen) atoms. The Hall–Kier alpha value is -1.43. The Labute approximate surface area is 113 Å². The molecule has 0 amide bonds. The summed E-state index contributed by atoms with van der Waals surface area (Å²) in [5.74, 6) is -0.761. The van der Waals surface area contributed by atoms with Crippen LogP contribution in [0, 0.1) is 0 Å². The van der Waals surface area contributed by atoms with Crippen LogP contribution < -0.4 is 5.32 Å². The van der Waals surface area contributed by atoms with Gasteiger partial charge in [-0.3, -0.25) is 4.79 Å². The van der Waals surface area contributed by atoms with Gasteiger partial charge in [-0.2, -0.15) is 0 Å². The summed E-state index contributed by atoms with van der Waals surface area (Å²) < 4.78 is 4.78. The molecule has 0 radical (unpaired) electrons. The highest BCUT2D eigenvalue weighted by molar-refractivity contribution is 5.78. The van der Waals surface area contributed by atoms with Crippen molar-refractivity contribution in [1.29, 1.82) is 0 Å². The summed E-state index contributed by atoms with van der Waals surface area (Å²) in [4.78, 5) is 11.8. The highest BCUT2D eigenvalue weighted by Gasteiger charge is 2.23. The molecule has 0 saturated carbocycles. The number of hydrogen-bond acceptors (Lipinski definition) is 5. The van der Waals surface area contributed by atoms with Gasteiger partial charge in [0.05, 0.1) is 25.2 Å². The number of methoxy groups -OCH3 is 1. The zero-order valence-corrected chi connectivity index (χ0v) is 11.3. The summed E-state index contributed by atoms with van der Waals surface area (Å²) in [6.45, 7) is 1.72. The Bertz CT molecular complexity index is 392. The molecular weight excluding hydrogens is 246 g/mol. The van der Waals surface area contributed by atoms with Crippen molar-refractivity contribution in [2.45, 2.75) is 18.4 Å². The Morgan fingerprint density at radius 1 is 1.42 bits per heavy atom. The average molecular weight is 267 g/mol.